The zero-order valence-electron chi connectivity index (χ0n) is 16.8. The molecule has 3 heterocycles. The van der Waals surface area contributed by atoms with Crippen molar-refractivity contribution in [1.29, 1.82) is 0 Å². The Morgan fingerprint density at radius 2 is 1.68 bits per heavy atom. The Balaban J connectivity index is 1.38. The second-order valence-electron chi connectivity index (χ2n) is 6.95. The molecule has 0 saturated heterocycles. The molecule has 0 saturated carbocycles. The van der Waals surface area contributed by atoms with Gasteiger partial charge in [-0.2, -0.15) is 5.10 Å². The van der Waals surface area contributed by atoms with Crippen molar-refractivity contribution in [2.45, 2.75) is 19.5 Å². The van der Waals surface area contributed by atoms with Gasteiger partial charge >= 0.3 is 0 Å². The van der Waals surface area contributed by atoms with Gasteiger partial charge in [-0.05, 0) is 61.0 Å². The summed E-state index contributed by atoms with van der Waals surface area (Å²) < 4.78 is 3.36. The van der Waals surface area contributed by atoms with Gasteiger partial charge in [-0.25, -0.2) is 9.67 Å². The van der Waals surface area contributed by atoms with Crippen LogP contribution in [-0.2, 0) is 11.3 Å². The second-order valence-corrected chi connectivity index (χ2v) is 6.95. The summed E-state index contributed by atoms with van der Waals surface area (Å²) in [6, 6.07) is 13.9. The highest BCUT2D eigenvalue weighted by Gasteiger charge is 2.16. The van der Waals surface area contributed by atoms with Crippen LogP contribution < -0.4 is 10.6 Å². The highest BCUT2D eigenvalue weighted by molar-refractivity contribution is 6.03. The summed E-state index contributed by atoms with van der Waals surface area (Å²) in [4.78, 5) is 32.9. The first-order valence-electron chi connectivity index (χ1n) is 9.70. The van der Waals surface area contributed by atoms with Crippen LogP contribution in [0.25, 0.3) is 0 Å². The fraction of sp³-hybridized carbons (Fsp3) is 0.136. The summed E-state index contributed by atoms with van der Waals surface area (Å²) in [5.74, 6) is -0.424. The maximum atomic E-state index is 12.7. The van der Waals surface area contributed by atoms with Crippen molar-refractivity contribution in [3.8, 4) is 0 Å². The first-order valence-corrected chi connectivity index (χ1v) is 9.70. The van der Waals surface area contributed by atoms with E-state index in [1.807, 2.05) is 29.0 Å². The molecule has 0 aliphatic carbocycles. The molecule has 1 aromatic carbocycles. The monoisotopic (exact) mass is 415 g/mol. The molecule has 0 bridgehead atoms. The molecule has 4 aromatic rings. The molecule has 0 radical (unpaired) electrons. The van der Waals surface area contributed by atoms with Gasteiger partial charge in [-0.1, -0.05) is 0 Å². The van der Waals surface area contributed by atoms with Gasteiger partial charge in [0, 0.05) is 36.5 Å². The van der Waals surface area contributed by atoms with E-state index >= 15 is 0 Å². The minimum absolute atomic E-state index is 0.212. The van der Waals surface area contributed by atoms with Gasteiger partial charge < -0.3 is 15.2 Å². The number of carbonyl (C=O) groups is 2. The number of rotatable bonds is 7. The minimum atomic E-state index is -0.491. The van der Waals surface area contributed by atoms with Crippen LogP contribution in [0.15, 0.2) is 79.8 Å². The number of carbonyl (C=O) groups excluding carboxylic acids is 2. The first kappa shape index (κ1) is 20.0. The number of aromatic nitrogens is 5. The van der Waals surface area contributed by atoms with Gasteiger partial charge in [0.1, 0.15) is 24.4 Å². The predicted molar refractivity (Wildman–Crippen MR) is 116 cm³/mol. The summed E-state index contributed by atoms with van der Waals surface area (Å²) in [5, 5.41) is 9.69. The fourth-order valence-corrected chi connectivity index (χ4v) is 3.06. The zero-order chi connectivity index (χ0) is 21.6. The summed E-state index contributed by atoms with van der Waals surface area (Å²) in [6.45, 7) is 2.31. The van der Waals surface area contributed by atoms with Gasteiger partial charge in [-0.3, -0.25) is 14.6 Å². The molecule has 0 aliphatic rings. The van der Waals surface area contributed by atoms with Crippen molar-refractivity contribution in [1.82, 2.24) is 24.3 Å². The summed E-state index contributed by atoms with van der Waals surface area (Å²) >= 11 is 0. The third-order valence-electron chi connectivity index (χ3n) is 4.79. The minimum Gasteiger partial charge on any atom is -0.339 e. The SMILES string of the molecule is C[C@H](C(=O)Nc1ccc(NC(=O)c2cccn2Cc2ccncc2)cc1)n1cncn1. The average molecular weight is 415 g/mol. The maximum absolute atomic E-state index is 12.7. The molecule has 31 heavy (non-hydrogen) atoms. The number of nitrogens with one attached hydrogen (secondary N) is 2. The number of anilines is 2. The van der Waals surface area contributed by atoms with Crippen molar-refractivity contribution >= 4 is 23.2 Å². The van der Waals surface area contributed by atoms with Gasteiger partial charge in [-0.15, -0.1) is 0 Å². The molecule has 4 rings (SSSR count). The van der Waals surface area contributed by atoms with E-state index < -0.39 is 6.04 Å². The van der Waals surface area contributed by atoms with Crippen LogP contribution in [0.1, 0.15) is 29.0 Å². The molecule has 2 amide bonds. The highest BCUT2D eigenvalue weighted by Crippen LogP contribution is 2.17. The molecular formula is C22H21N7O2. The summed E-state index contributed by atoms with van der Waals surface area (Å²) in [6.07, 6.45) is 8.20. The van der Waals surface area contributed by atoms with Crippen LogP contribution in [0.3, 0.4) is 0 Å². The van der Waals surface area contributed by atoms with Crippen molar-refractivity contribution in [2.24, 2.45) is 0 Å². The number of hydrogen-bond donors (Lipinski definition) is 2. The predicted octanol–water partition coefficient (Wildman–Crippen LogP) is 2.97. The second kappa shape index (κ2) is 9.04. The number of benzene rings is 1. The third kappa shape index (κ3) is 4.84. The molecule has 0 fully saturated rings. The Morgan fingerprint density at radius 1 is 0.968 bits per heavy atom. The van der Waals surface area contributed by atoms with Crippen LogP contribution in [0, 0.1) is 0 Å². The largest absolute Gasteiger partial charge is 0.339 e. The van der Waals surface area contributed by atoms with Crippen molar-refractivity contribution in [3.63, 3.8) is 0 Å². The zero-order valence-corrected chi connectivity index (χ0v) is 16.8. The fourth-order valence-electron chi connectivity index (χ4n) is 3.06. The third-order valence-corrected chi connectivity index (χ3v) is 4.79. The van der Waals surface area contributed by atoms with E-state index in [1.54, 1.807) is 49.6 Å². The average Bonchev–Trinajstić information content (AvgIpc) is 3.48. The van der Waals surface area contributed by atoms with E-state index in [9.17, 15) is 9.59 Å². The maximum Gasteiger partial charge on any atom is 0.272 e. The Kier molecular flexibility index (Phi) is 5.84. The molecule has 3 aromatic heterocycles. The van der Waals surface area contributed by atoms with Gasteiger partial charge in [0.05, 0.1) is 0 Å². The summed E-state index contributed by atoms with van der Waals surface area (Å²) in [7, 11) is 0. The molecule has 0 aliphatic heterocycles. The topological polar surface area (TPSA) is 107 Å². The van der Waals surface area contributed by atoms with Gasteiger partial charge in [0.15, 0.2) is 0 Å². The van der Waals surface area contributed by atoms with E-state index in [0.29, 0.717) is 23.6 Å². The Hall–Kier alpha value is -4.27. The lowest BCUT2D eigenvalue weighted by Gasteiger charge is -2.13. The smallest absolute Gasteiger partial charge is 0.272 e. The summed E-state index contributed by atoms with van der Waals surface area (Å²) in [5.41, 5.74) is 2.86. The first-order chi connectivity index (χ1) is 15.1. The number of nitrogens with zero attached hydrogens (tertiary/aromatic N) is 5. The van der Waals surface area contributed by atoms with Crippen LogP contribution in [0.4, 0.5) is 11.4 Å². The van der Waals surface area contributed by atoms with E-state index in [-0.39, 0.29) is 11.8 Å². The van der Waals surface area contributed by atoms with E-state index in [1.165, 1.54) is 17.3 Å². The molecule has 2 N–H and O–H groups in total. The highest BCUT2D eigenvalue weighted by atomic mass is 16.2. The van der Waals surface area contributed by atoms with Crippen molar-refractivity contribution in [3.05, 3.63) is 91.0 Å². The van der Waals surface area contributed by atoms with Gasteiger partial charge in [0.25, 0.3) is 5.91 Å². The molecule has 0 unspecified atom stereocenters. The van der Waals surface area contributed by atoms with Crippen LogP contribution in [0.5, 0.6) is 0 Å². The van der Waals surface area contributed by atoms with Crippen LogP contribution >= 0.6 is 0 Å². The Morgan fingerprint density at radius 3 is 2.35 bits per heavy atom. The molecule has 9 nitrogen and oxygen atoms in total. The normalized spacial score (nSPS) is 11.6. The lowest BCUT2D eigenvalue weighted by molar-refractivity contribution is -0.119. The number of hydrogen-bond acceptors (Lipinski definition) is 5. The van der Waals surface area contributed by atoms with Crippen LogP contribution in [-0.4, -0.2) is 36.1 Å². The molecule has 9 heteroatoms. The lowest BCUT2D eigenvalue weighted by atomic mass is 10.2. The Bertz CT molecular complexity index is 1150. The van der Waals surface area contributed by atoms with Gasteiger partial charge in [0.2, 0.25) is 5.91 Å². The van der Waals surface area contributed by atoms with Crippen molar-refractivity contribution < 1.29 is 9.59 Å². The quantitative estimate of drug-likeness (QED) is 0.483. The number of amides is 2. The Labute approximate surface area is 178 Å². The van der Waals surface area contributed by atoms with E-state index in [4.69, 9.17) is 0 Å². The van der Waals surface area contributed by atoms with Crippen LogP contribution in [0.2, 0.25) is 0 Å². The molecular weight excluding hydrogens is 394 g/mol. The van der Waals surface area contributed by atoms with Crippen molar-refractivity contribution in [2.75, 3.05) is 10.6 Å². The molecule has 1 atom stereocenters. The lowest BCUT2D eigenvalue weighted by Crippen LogP contribution is -2.24. The standard InChI is InChI=1S/C22H21N7O2/c1-16(29-15-24-14-25-29)21(30)26-18-4-6-19(7-5-18)27-22(31)20-3-2-12-28(20)13-17-8-10-23-11-9-17/h2-12,14-16H,13H2,1H3,(H,26,30)(H,27,31)/t16-/m1/s1. The molecule has 0 spiro atoms. The van der Waals surface area contributed by atoms with E-state index in [2.05, 4.69) is 25.7 Å². The number of pyridine rings is 1. The molecule has 156 valence electrons. The van der Waals surface area contributed by atoms with E-state index in [0.717, 1.165) is 5.56 Å².